The van der Waals surface area contributed by atoms with Gasteiger partial charge in [-0.25, -0.2) is 4.79 Å². The summed E-state index contributed by atoms with van der Waals surface area (Å²) >= 11 is 12.1. The van der Waals surface area contributed by atoms with E-state index in [1.54, 1.807) is 49.4 Å². The Hall–Kier alpha value is -3.03. The molecule has 4 rings (SSSR count). The molecule has 0 radical (unpaired) electrons. The minimum atomic E-state index is -1.11. The summed E-state index contributed by atoms with van der Waals surface area (Å²) in [6.45, 7) is 1.87. The van der Waals surface area contributed by atoms with Crippen LogP contribution in [0.1, 0.15) is 66.7 Å². The first-order valence-corrected chi connectivity index (χ1v) is 12.9. The Morgan fingerprint density at radius 1 is 1.03 bits per heavy atom. The van der Waals surface area contributed by atoms with Crippen LogP contribution in [0.4, 0.5) is 0 Å². The summed E-state index contributed by atoms with van der Waals surface area (Å²) in [7, 11) is 0. The van der Waals surface area contributed by atoms with Crippen LogP contribution < -0.4 is 10.6 Å². The molecule has 0 bridgehead atoms. The molecule has 1 aliphatic rings. The van der Waals surface area contributed by atoms with Crippen LogP contribution in [-0.2, 0) is 20.7 Å². The lowest BCUT2D eigenvalue weighted by atomic mass is 9.94. The third-order valence-corrected chi connectivity index (χ3v) is 6.85. The highest BCUT2D eigenvalue weighted by molar-refractivity contribution is 6.31. The minimum absolute atomic E-state index is 0.0209. The van der Waals surface area contributed by atoms with E-state index in [1.165, 1.54) is 0 Å². The van der Waals surface area contributed by atoms with Crippen molar-refractivity contribution in [3.8, 4) is 0 Å². The van der Waals surface area contributed by atoms with Crippen molar-refractivity contribution in [1.82, 2.24) is 15.6 Å². The van der Waals surface area contributed by atoms with Gasteiger partial charge in [-0.15, -0.1) is 0 Å². The summed E-state index contributed by atoms with van der Waals surface area (Å²) in [5.41, 5.74) is 1.80. The molecule has 2 aromatic carbocycles. The number of esters is 1. The maximum absolute atomic E-state index is 13.7. The Bertz CT molecular complexity index is 1250. The van der Waals surface area contributed by atoms with Gasteiger partial charge < -0.3 is 20.4 Å². The van der Waals surface area contributed by atoms with Gasteiger partial charge >= 0.3 is 5.97 Å². The molecule has 1 atom stereocenters. The molecule has 0 saturated heterocycles. The predicted octanol–water partition coefficient (Wildman–Crippen LogP) is 5.50. The van der Waals surface area contributed by atoms with Gasteiger partial charge in [-0.1, -0.05) is 60.7 Å². The molecule has 0 aliphatic heterocycles. The summed E-state index contributed by atoms with van der Waals surface area (Å²) in [4.78, 5) is 42.7. The smallest absolute Gasteiger partial charge is 0.355 e. The molecule has 3 N–H and O–H groups in total. The average Bonchev–Trinajstić information content (AvgIpc) is 3.23. The molecule has 3 aromatic rings. The first-order valence-electron chi connectivity index (χ1n) is 12.2. The van der Waals surface area contributed by atoms with Crippen LogP contribution in [0, 0.1) is 0 Å². The number of ether oxygens (including phenoxy) is 1. The molecule has 1 fully saturated rings. The zero-order chi connectivity index (χ0) is 25.7. The van der Waals surface area contributed by atoms with Crippen LogP contribution in [0.15, 0.2) is 42.5 Å². The maximum atomic E-state index is 13.7. The van der Waals surface area contributed by atoms with E-state index in [9.17, 15) is 14.4 Å². The topological polar surface area (TPSA) is 100 Å². The number of fused-ring (bicyclic) bond motifs is 1. The van der Waals surface area contributed by atoms with E-state index < -0.39 is 12.0 Å². The van der Waals surface area contributed by atoms with E-state index in [2.05, 4.69) is 15.6 Å². The normalized spacial score (nSPS) is 14.9. The number of aromatic nitrogens is 1. The predicted molar refractivity (Wildman–Crippen MR) is 140 cm³/mol. The van der Waals surface area contributed by atoms with Gasteiger partial charge in [0.2, 0.25) is 11.8 Å². The Kier molecular flexibility index (Phi) is 8.54. The molecular formula is C27H29Cl2N3O4. The van der Waals surface area contributed by atoms with Gasteiger partial charge in [0.1, 0.15) is 11.7 Å². The number of nitrogens with one attached hydrogen (secondary N) is 3. The largest absolute Gasteiger partial charge is 0.461 e. The van der Waals surface area contributed by atoms with E-state index >= 15 is 0 Å². The van der Waals surface area contributed by atoms with Crippen LogP contribution >= 0.6 is 23.2 Å². The van der Waals surface area contributed by atoms with E-state index in [1.807, 2.05) is 0 Å². The Labute approximate surface area is 219 Å². The van der Waals surface area contributed by atoms with E-state index in [0.29, 0.717) is 26.5 Å². The Balaban J connectivity index is 1.71. The number of hydrogen-bond acceptors (Lipinski definition) is 4. The molecule has 1 unspecified atom stereocenters. The van der Waals surface area contributed by atoms with Crippen molar-refractivity contribution in [2.45, 2.75) is 57.5 Å². The molecule has 1 aliphatic carbocycles. The van der Waals surface area contributed by atoms with Crippen molar-refractivity contribution in [1.29, 1.82) is 0 Å². The quantitative estimate of drug-likeness (QED) is 0.335. The number of amides is 2. The second kappa shape index (κ2) is 11.8. The van der Waals surface area contributed by atoms with Crippen molar-refractivity contribution < 1.29 is 19.1 Å². The van der Waals surface area contributed by atoms with Crippen LogP contribution in [-0.4, -0.2) is 35.4 Å². The van der Waals surface area contributed by atoms with Crippen molar-refractivity contribution in [3.63, 3.8) is 0 Å². The van der Waals surface area contributed by atoms with Crippen LogP contribution in [0.25, 0.3) is 10.9 Å². The second-order valence-electron chi connectivity index (χ2n) is 8.97. The van der Waals surface area contributed by atoms with Crippen molar-refractivity contribution in [2.75, 3.05) is 6.61 Å². The van der Waals surface area contributed by atoms with Gasteiger partial charge in [-0.2, -0.15) is 0 Å². The highest BCUT2D eigenvalue weighted by atomic mass is 35.5. The highest BCUT2D eigenvalue weighted by Gasteiger charge is 2.33. The summed E-state index contributed by atoms with van der Waals surface area (Å²) in [6.07, 6.45) is 5.03. The molecule has 1 aromatic heterocycles. The van der Waals surface area contributed by atoms with Gasteiger partial charge in [0.15, 0.2) is 0 Å². The van der Waals surface area contributed by atoms with E-state index in [-0.39, 0.29) is 36.6 Å². The van der Waals surface area contributed by atoms with Crippen molar-refractivity contribution >= 4 is 51.9 Å². The molecule has 36 heavy (non-hydrogen) atoms. The van der Waals surface area contributed by atoms with Crippen molar-refractivity contribution in [2.24, 2.45) is 0 Å². The zero-order valence-corrected chi connectivity index (χ0v) is 21.5. The minimum Gasteiger partial charge on any atom is -0.461 e. The Morgan fingerprint density at radius 3 is 2.42 bits per heavy atom. The molecule has 190 valence electrons. The number of H-pyrrole nitrogens is 1. The third kappa shape index (κ3) is 6.20. The standard InChI is InChI=1S/C27H29Cl2N3O4/c1-2-36-27(35)25-23(20-13-12-18(29)15-21(20)31-25)24(26(34)30-19-6-4-3-5-7-19)32-22(33)14-16-8-10-17(28)11-9-16/h8-13,15,19,24,31H,2-7,14H2,1H3,(H,30,34)(H,32,33). The van der Waals surface area contributed by atoms with Gasteiger partial charge in [-0.3, -0.25) is 9.59 Å². The summed E-state index contributed by atoms with van der Waals surface area (Å²) < 4.78 is 5.26. The fourth-order valence-corrected chi connectivity index (χ4v) is 4.95. The number of halogens is 2. The van der Waals surface area contributed by atoms with Gasteiger partial charge in [0.25, 0.3) is 0 Å². The van der Waals surface area contributed by atoms with Crippen molar-refractivity contribution in [3.05, 3.63) is 69.3 Å². The summed E-state index contributed by atoms with van der Waals surface area (Å²) in [6, 6.07) is 10.9. The molecule has 0 spiro atoms. The Morgan fingerprint density at radius 2 is 1.72 bits per heavy atom. The number of rotatable bonds is 8. The molecule has 1 saturated carbocycles. The lowest BCUT2D eigenvalue weighted by molar-refractivity contribution is -0.129. The first-order chi connectivity index (χ1) is 17.4. The lowest BCUT2D eigenvalue weighted by Gasteiger charge is -2.26. The average molecular weight is 530 g/mol. The molecular weight excluding hydrogens is 501 g/mol. The van der Waals surface area contributed by atoms with E-state index in [4.69, 9.17) is 27.9 Å². The first kappa shape index (κ1) is 26.0. The zero-order valence-electron chi connectivity index (χ0n) is 20.0. The van der Waals surface area contributed by atoms with E-state index in [0.717, 1.165) is 37.7 Å². The maximum Gasteiger partial charge on any atom is 0.355 e. The third-order valence-electron chi connectivity index (χ3n) is 6.37. The summed E-state index contributed by atoms with van der Waals surface area (Å²) in [5, 5.41) is 7.62. The lowest BCUT2D eigenvalue weighted by Crippen LogP contribution is -2.45. The van der Waals surface area contributed by atoms with Crippen LogP contribution in [0.5, 0.6) is 0 Å². The number of benzene rings is 2. The van der Waals surface area contributed by atoms with Gasteiger partial charge in [0.05, 0.1) is 13.0 Å². The monoisotopic (exact) mass is 529 g/mol. The molecule has 9 heteroatoms. The fourth-order valence-electron chi connectivity index (χ4n) is 4.66. The summed E-state index contributed by atoms with van der Waals surface area (Å²) in [5.74, 6) is -1.34. The second-order valence-corrected chi connectivity index (χ2v) is 9.84. The number of hydrogen-bond donors (Lipinski definition) is 3. The SMILES string of the molecule is CCOC(=O)c1[nH]c2cc(Cl)ccc2c1C(NC(=O)Cc1ccc(Cl)cc1)C(=O)NC1CCCCC1. The van der Waals surface area contributed by atoms with Crippen LogP contribution in [0.3, 0.4) is 0 Å². The van der Waals surface area contributed by atoms with Crippen LogP contribution in [0.2, 0.25) is 10.0 Å². The van der Waals surface area contributed by atoms with Gasteiger partial charge in [-0.05, 0) is 49.6 Å². The van der Waals surface area contributed by atoms with Gasteiger partial charge in [0, 0.05) is 32.6 Å². The molecule has 2 amide bonds. The highest BCUT2D eigenvalue weighted by Crippen LogP contribution is 2.32. The number of aromatic amines is 1. The molecule has 1 heterocycles. The molecule has 7 nitrogen and oxygen atoms in total. The number of carbonyl (C=O) groups is 3. The number of carbonyl (C=O) groups excluding carboxylic acids is 3. The fraction of sp³-hybridized carbons (Fsp3) is 0.370.